The van der Waals surface area contributed by atoms with Crippen LogP contribution in [0.2, 0.25) is 0 Å². The highest BCUT2D eigenvalue weighted by Gasteiger charge is 2.36. The lowest BCUT2D eigenvalue weighted by molar-refractivity contribution is -0.117. The molecule has 11 heteroatoms. The fourth-order valence-corrected chi connectivity index (χ4v) is 4.80. The zero-order valence-electron chi connectivity index (χ0n) is 18.3. The van der Waals surface area contributed by atoms with Gasteiger partial charge >= 0.3 is 0 Å². The molecular weight excluding hydrogens is 458 g/mol. The zero-order valence-corrected chi connectivity index (χ0v) is 19.2. The molecule has 174 valence electrons. The average Bonchev–Trinajstić information content (AvgIpc) is 3.25. The number of allylic oxidation sites excluding steroid dienone is 1. The third kappa shape index (κ3) is 4.46. The quantitative estimate of drug-likeness (QED) is 0.518. The number of nitrogens with zero attached hydrogens (tertiary/aromatic N) is 4. The Balaban J connectivity index is 1.48. The predicted octanol–water partition coefficient (Wildman–Crippen LogP) is 2.37. The van der Waals surface area contributed by atoms with E-state index in [1.807, 2.05) is 19.1 Å². The molecule has 1 amide bonds. The van der Waals surface area contributed by atoms with E-state index in [0.29, 0.717) is 5.69 Å². The molecule has 2 aromatic carbocycles. The molecule has 0 saturated carbocycles. The number of rotatable bonds is 6. The highest BCUT2D eigenvalue weighted by atomic mass is 32.2. The first-order chi connectivity index (χ1) is 16.2. The standard InChI is InChI=1S/C23H21N5O5S/c1-15-7-9-16(10-8-15)24-21(30)14-28-13-17(25-26-28)11-12-19(29)22-23(31)18-5-3-4-6-20(18)34(32,33)27(22)2/h3-13,31H,14H2,1-2H3,(H,24,30)/b12-11+. The van der Waals surface area contributed by atoms with Crippen molar-refractivity contribution in [3.63, 3.8) is 0 Å². The summed E-state index contributed by atoms with van der Waals surface area (Å²) < 4.78 is 27.5. The van der Waals surface area contributed by atoms with E-state index < -0.39 is 21.6 Å². The molecule has 2 N–H and O–H groups in total. The summed E-state index contributed by atoms with van der Waals surface area (Å²) in [6.07, 6.45) is 3.88. The molecule has 0 saturated heterocycles. The van der Waals surface area contributed by atoms with Gasteiger partial charge in [0.1, 0.15) is 17.9 Å². The van der Waals surface area contributed by atoms with Crippen LogP contribution < -0.4 is 5.32 Å². The highest BCUT2D eigenvalue weighted by molar-refractivity contribution is 7.89. The minimum Gasteiger partial charge on any atom is -0.505 e. The van der Waals surface area contributed by atoms with Gasteiger partial charge in [0.15, 0.2) is 5.76 Å². The minimum atomic E-state index is -3.98. The Morgan fingerprint density at radius 2 is 1.82 bits per heavy atom. The summed E-state index contributed by atoms with van der Waals surface area (Å²) in [4.78, 5) is 24.9. The maximum atomic E-state index is 12.8. The van der Waals surface area contributed by atoms with Gasteiger partial charge in [-0.15, -0.1) is 5.10 Å². The monoisotopic (exact) mass is 479 g/mol. The first kappa shape index (κ1) is 22.9. The normalized spacial score (nSPS) is 14.8. The van der Waals surface area contributed by atoms with Gasteiger partial charge in [0.2, 0.25) is 11.7 Å². The molecule has 34 heavy (non-hydrogen) atoms. The number of ketones is 1. The molecule has 4 rings (SSSR count). The van der Waals surface area contributed by atoms with Gasteiger partial charge in [-0.25, -0.2) is 13.1 Å². The van der Waals surface area contributed by atoms with E-state index in [0.717, 1.165) is 15.9 Å². The van der Waals surface area contributed by atoms with E-state index in [-0.39, 0.29) is 34.3 Å². The molecule has 0 bridgehead atoms. The summed E-state index contributed by atoms with van der Waals surface area (Å²) in [6, 6.07) is 13.2. The lowest BCUT2D eigenvalue weighted by Gasteiger charge is -2.27. The van der Waals surface area contributed by atoms with Crippen LogP contribution in [0.3, 0.4) is 0 Å². The molecule has 0 aliphatic carbocycles. The number of hydrogen-bond acceptors (Lipinski definition) is 7. The van der Waals surface area contributed by atoms with Crippen LogP contribution in [0.1, 0.15) is 16.8 Å². The van der Waals surface area contributed by atoms with Crippen LogP contribution in [0.4, 0.5) is 5.69 Å². The number of amides is 1. The number of carbonyl (C=O) groups is 2. The first-order valence-corrected chi connectivity index (χ1v) is 11.6. The number of aliphatic hydroxyl groups excluding tert-OH is 1. The summed E-state index contributed by atoms with van der Waals surface area (Å²) in [6.45, 7) is 1.86. The zero-order chi connectivity index (χ0) is 24.5. The summed E-state index contributed by atoms with van der Waals surface area (Å²) in [5.74, 6) is -1.47. The van der Waals surface area contributed by atoms with Gasteiger partial charge in [-0.2, -0.15) is 0 Å². The number of sulfonamides is 1. The molecule has 0 unspecified atom stereocenters. The maximum absolute atomic E-state index is 12.8. The van der Waals surface area contributed by atoms with Crippen molar-refractivity contribution in [3.05, 3.63) is 83.3 Å². The van der Waals surface area contributed by atoms with E-state index in [4.69, 9.17) is 0 Å². The number of aliphatic hydroxyl groups is 1. The topological polar surface area (TPSA) is 134 Å². The van der Waals surface area contributed by atoms with Gasteiger partial charge in [-0.3, -0.25) is 13.9 Å². The lowest BCUT2D eigenvalue weighted by Crippen LogP contribution is -2.34. The second kappa shape index (κ2) is 8.94. The molecule has 3 aromatic rings. The Morgan fingerprint density at radius 3 is 2.56 bits per heavy atom. The Kier molecular flexibility index (Phi) is 6.03. The Morgan fingerprint density at radius 1 is 1.12 bits per heavy atom. The van der Waals surface area contributed by atoms with E-state index in [1.54, 1.807) is 18.2 Å². The second-order valence-corrected chi connectivity index (χ2v) is 9.56. The van der Waals surface area contributed by atoms with Crippen molar-refractivity contribution >= 4 is 39.2 Å². The Hall–Kier alpha value is -4.25. The minimum absolute atomic E-state index is 0.0582. The second-order valence-electron chi connectivity index (χ2n) is 7.62. The molecule has 0 radical (unpaired) electrons. The molecule has 1 aliphatic heterocycles. The molecule has 10 nitrogen and oxygen atoms in total. The van der Waals surface area contributed by atoms with Crippen LogP contribution in [-0.2, 0) is 26.2 Å². The van der Waals surface area contributed by atoms with Crippen LogP contribution in [0, 0.1) is 6.92 Å². The summed E-state index contributed by atoms with van der Waals surface area (Å²) >= 11 is 0. The fourth-order valence-electron chi connectivity index (χ4n) is 3.40. The number of carbonyl (C=O) groups excluding carboxylic acids is 2. The third-order valence-corrected chi connectivity index (χ3v) is 6.97. The number of likely N-dealkylation sites (N-methyl/N-ethyl adjacent to an activating group) is 1. The number of anilines is 1. The van der Waals surface area contributed by atoms with E-state index in [9.17, 15) is 23.1 Å². The van der Waals surface area contributed by atoms with Crippen molar-refractivity contribution in [2.75, 3.05) is 12.4 Å². The van der Waals surface area contributed by atoms with Gasteiger partial charge in [-0.1, -0.05) is 35.0 Å². The van der Waals surface area contributed by atoms with Crippen molar-refractivity contribution in [1.29, 1.82) is 0 Å². The van der Waals surface area contributed by atoms with Crippen molar-refractivity contribution in [3.8, 4) is 0 Å². The predicted molar refractivity (Wildman–Crippen MR) is 125 cm³/mol. The van der Waals surface area contributed by atoms with Gasteiger partial charge in [0, 0.05) is 18.3 Å². The molecule has 0 fully saturated rings. The van der Waals surface area contributed by atoms with E-state index >= 15 is 0 Å². The van der Waals surface area contributed by atoms with Crippen molar-refractivity contribution < 1.29 is 23.1 Å². The molecule has 0 atom stereocenters. The number of hydrogen-bond donors (Lipinski definition) is 2. The maximum Gasteiger partial charge on any atom is 0.265 e. The van der Waals surface area contributed by atoms with Crippen LogP contribution in [-0.4, -0.2) is 51.6 Å². The SMILES string of the molecule is Cc1ccc(NC(=O)Cn2cc(/C=C/C(=O)C3=C(O)c4ccccc4S(=O)(=O)N3C)nn2)cc1. The molecule has 1 aliphatic rings. The lowest BCUT2D eigenvalue weighted by atomic mass is 10.1. The highest BCUT2D eigenvalue weighted by Crippen LogP contribution is 2.34. The fraction of sp³-hybridized carbons (Fsp3) is 0.130. The van der Waals surface area contributed by atoms with Crippen molar-refractivity contribution in [1.82, 2.24) is 19.3 Å². The molecular formula is C23H21N5O5S. The van der Waals surface area contributed by atoms with Crippen molar-refractivity contribution in [2.45, 2.75) is 18.4 Å². The Labute approximate surface area is 195 Å². The number of aromatic nitrogens is 3. The smallest absolute Gasteiger partial charge is 0.265 e. The number of aryl methyl sites for hydroxylation is 1. The number of nitrogens with one attached hydrogen (secondary N) is 1. The number of fused-ring (bicyclic) bond motifs is 1. The number of benzene rings is 2. The van der Waals surface area contributed by atoms with Crippen molar-refractivity contribution in [2.24, 2.45) is 0 Å². The largest absolute Gasteiger partial charge is 0.505 e. The van der Waals surface area contributed by atoms with Gasteiger partial charge < -0.3 is 10.4 Å². The van der Waals surface area contributed by atoms with Gasteiger partial charge in [0.25, 0.3) is 10.0 Å². The molecule has 1 aromatic heterocycles. The van der Waals surface area contributed by atoms with Gasteiger partial charge in [-0.05, 0) is 43.3 Å². The van der Waals surface area contributed by atoms with Crippen LogP contribution in [0.15, 0.2) is 71.4 Å². The summed E-state index contributed by atoms with van der Waals surface area (Å²) in [7, 11) is -2.78. The molecule has 2 heterocycles. The van der Waals surface area contributed by atoms with Crippen LogP contribution in [0.25, 0.3) is 11.8 Å². The van der Waals surface area contributed by atoms with Crippen LogP contribution in [0.5, 0.6) is 0 Å². The average molecular weight is 480 g/mol. The van der Waals surface area contributed by atoms with Crippen LogP contribution >= 0.6 is 0 Å². The van der Waals surface area contributed by atoms with E-state index in [1.165, 1.54) is 42.2 Å². The van der Waals surface area contributed by atoms with E-state index in [2.05, 4.69) is 15.6 Å². The molecule has 0 spiro atoms. The first-order valence-electron chi connectivity index (χ1n) is 10.2. The third-order valence-electron chi connectivity index (χ3n) is 5.16. The summed E-state index contributed by atoms with van der Waals surface area (Å²) in [5.41, 5.74) is 1.69. The summed E-state index contributed by atoms with van der Waals surface area (Å²) in [5, 5.41) is 21.1. The van der Waals surface area contributed by atoms with Gasteiger partial charge in [0.05, 0.1) is 11.1 Å². The Bertz CT molecular complexity index is 1440.